The second-order valence-electron chi connectivity index (χ2n) is 10.5. The Kier molecular flexibility index (Phi) is 10.6. The summed E-state index contributed by atoms with van der Waals surface area (Å²) in [5, 5.41) is 17.4. The van der Waals surface area contributed by atoms with E-state index in [2.05, 4.69) is 10.6 Å². The number of rotatable bonds is 11. The van der Waals surface area contributed by atoms with Gasteiger partial charge in [0.2, 0.25) is 0 Å². The third kappa shape index (κ3) is 7.93. The molecule has 39 heavy (non-hydrogen) atoms. The molecule has 2 fully saturated rings. The number of nitrogens with zero attached hydrogens (tertiary/aromatic N) is 1. The van der Waals surface area contributed by atoms with Gasteiger partial charge in [0.25, 0.3) is 5.91 Å². The average molecular weight is 564 g/mol. The molecule has 2 saturated heterocycles. The lowest BCUT2D eigenvalue weighted by Gasteiger charge is -2.47. The number of carbonyl (C=O) groups excluding carboxylic acids is 1. The van der Waals surface area contributed by atoms with E-state index in [1.54, 1.807) is 12.1 Å². The van der Waals surface area contributed by atoms with Gasteiger partial charge in [-0.15, -0.1) is 10.8 Å². The molecule has 8 nitrogen and oxygen atoms in total. The maximum Gasteiger partial charge on any atom is 0.254 e. The van der Waals surface area contributed by atoms with Crippen molar-refractivity contribution in [2.24, 2.45) is 0 Å². The summed E-state index contributed by atoms with van der Waals surface area (Å²) >= 11 is 0. The molecule has 2 aromatic rings. The lowest BCUT2D eigenvalue weighted by molar-refractivity contribution is 0.0656. The first-order valence-electron chi connectivity index (χ1n) is 14.0. The van der Waals surface area contributed by atoms with Crippen molar-refractivity contribution in [1.29, 1.82) is 0 Å². The summed E-state index contributed by atoms with van der Waals surface area (Å²) in [6.07, 6.45) is 3.95. The number of amides is 1. The molecule has 5 N–H and O–H groups in total. The molecule has 0 aromatic heterocycles. The summed E-state index contributed by atoms with van der Waals surface area (Å²) in [5.74, 6) is -1.23. The highest BCUT2D eigenvalue weighted by atomic mass is 32.3. The molecule has 0 aliphatic carbocycles. The second-order valence-corrected chi connectivity index (χ2v) is 12.6. The number of benzene rings is 2. The monoisotopic (exact) mass is 563 g/mol. The Morgan fingerprint density at radius 2 is 1.90 bits per heavy atom. The minimum atomic E-state index is -3.16. The minimum Gasteiger partial charge on any atom is -0.390 e. The SMILES string of the molecule is CCCc1cc(C(=O)N[C@@H](Cc2ccccc2)[C@H](O)CNC2CCOCC2)c(F)c(N2CCCCS2(O)O)c1. The van der Waals surface area contributed by atoms with Crippen LogP contribution in [0.5, 0.6) is 0 Å². The number of aryl methyl sites for hydroxylation is 1. The predicted molar refractivity (Wildman–Crippen MR) is 154 cm³/mol. The number of aliphatic hydroxyl groups is 1. The van der Waals surface area contributed by atoms with Gasteiger partial charge in [-0.25, -0.2) is 4.39 Å². The lowest BCUT2D eigenvalue weighted by Crippen LogP contribution is -2.50. The molecule has 2 heterocycles. The normalized spacial score (nSPS) is 20.3. The van der Waals surface area contributed by atoms with Gasteiger partial charge in [0, 0.05) is 32.3 Å². The molecule has 0 radical (unpaired) electrons. The highest BCUT2D eigenvalue weighted by Gasteiger charge is 2.32. The van der Waals surface area contributed by atoms with Gasteiger partial charge in [0.15, 0.2) is 5.82 Å². The molecule has 2 aliphatic heterocycles. The number of ether oxygens (including phenoxy) is 1. The van der Waals surface area contributed by atoms with Crippen molar-refractivity contribution in [3.63, 3.8) is 0 Å². The molecule has 4 rings (SSSR count). The number of nitrogens with one attached hydrogen (secondary N) is 2. The number of carbonyl (C=O) groups is 1. The van der Waals surface area contributed by atoms with Gasteiger partial charge in [0.1, 0.15) is 0 Å². The van der Waals surface area contributed by atoms with Crippen LogP contribution in [0.3, 0.4) is 0 Å². The molecule has 0 spiro atoms. The van der Waals surface area contributed by atoms with Crippen molar-refractivity contribution >= 4 is 22.4 Å². The van der Waals surface area contributed by atoms with Crippen LogP contribution in [0.15, 0.2) is 42.5 Å². The van der Waals surface area contributed by atoms with Gasteiger partial charge in [0.05, 0.1) is 29.1 Å². The average Bonchev–Trinajstić information content (AvgIpc) is 2.93. The first kappa shape index (κ1) is 29.8. The minimum absolute atomic E-state index is 0.0483. The molecule has 0 unspecified atom stereocenters. The Labute approximate surface area is 232 Å². The smallest absolute Gasteiger partial charge is 0.254 e. The third-order valence-corrected chi connectivity index (χ3v) is 9.39. The van der Waals surface area contributed by atoms with Gasteiger partial charge in [-0.1, -0.05) is 43.7 Å². The molecule has 2 aliphatic rings. The Bertz CT molecular complexity index is 1080. The van der Waals surface area contributed by atoms with Gasteiger partial charge >= 0.3 is 0 Å². The lowest BCUT2D eigenvalue weighted by atomic mass is 9.99. The van der Waals surface area contributed by atoms with Crippen molar-refractivity contribution in [1.82, 2.24) is 10.6 Å². The van der Waals surface area contributed by atoms with Crippen LogP contribution >= 0.6 is 10.8 Å². The van der Waals surface area contributed by atoms with Crippen LogP contribution < -0.4 is 14.9 Å². The topological polar surface area (TPSA) is 114 Å². The number of anilines is 1. The van der Waals surface area contributed by atoms with Gasteiger partial charge < -0.3 is 20.5 Å². The Morgan fingerprint density at radius 3 is 2.59 bits per heavy atom. The van der Waals surface area contributed by atoms with Gasteiger partial charge in [-0.2, -0.15) is 0 Å². The van der Waals surface area contributed by atoms with Crippen LogP contribution in [0.4, 0.5) is 10.1 Å². The Morgan fingerprint density at radius 1 is 1.15 bits per heavy atom. The van der Waals surface area contributed by atoms with Crippen molar-refractivity contribution in [3.05, 3.63) is 65.0 Å². The van der Waals surface area contributed by atoms with Crippen LogP contribution in [-0.2, 0) is 17.6 Å². The van der Waals surface area contributed by atoms with Gasteiger partial charge in [-0.05, 0) is 61.8 Å². The third-order valence-electron chi connectivity index (χ3n) is 7.46. The van der Waals surface area contributed by atoms with E-state index in [0.717, 1.165) is 30.4 Å². The molecule has 2 atom stereocenters. The molecular weight excluding hydrogens is 521 g/mol. The molecule has 0 bridgehead atoms. The van der Waals surface area contributed by atoms with E-state index in [9.17, 15) is 19.0 Å². The fourth-order valence-electron chi connectivity index (χ4n) is 5.26. The molecule has 0 saturated carbocycles. The quantitative estimate of drug-likeness (QED) is 0.273. The Balaban J connectivity index is 1.58. The van der Waals surface area contributed by atoms with Crippen molar-refractivity contribution in [2.75, 3.05) is 36.4 Å². The molecule has 1 amide bonds. The van der Waals surface area contributed by atoms with E-state index >= 15 is 4.39 Å². The summed E-state index contributed by atoms with van der Waals surface area (Å²) in [4.78, 5) is 13.6. The van der Waals surface area contributed by atoms with Crippen molar-refractivity contribution in [2.45, 2.75) is 70.1 Å². The maximum atomic E-state index is 15.9. The predicted octanol–water partition coefficient (Wildman–Crippen LogP) is 4.51. The van der Waals surface area contributed by atoms with E-state index in [1.165, 1.54) is 4.31 Å². The first-order chi connectivity index (χ1) is 18.8. The van der Waals surface area contributed by atoms with E-state index in [4.69, 9.17) is 4.74 Å². The largest absolute Gasteiger partial charge is 0.390 e. The van der Waals surface area contributed by atoms with Crippen LogP contribution in [0, 0.1) is 5.82 Å². The zero-order chi connectivity index (χ0) is 27.8. The number of aliphatic hydroxyl groups excluding tert-OH is 1. The molecular formula is C29H42FN3O5S. The Hall–Kier alpha value is -2.21. The van der Waals surface area contributed by atoms with Gasteiger partial charge in [-0.3, -0.25) is 18.2 Å². The van der Waals surface area contributed by atoms with Crippen LogP contribution in [0.2, 0.25) is 0 Å². The number of halogens is 1. The van der Waals surface area contributed by atoms with Crippen LogP contribution in [-0.4, -0.2) is 70.4 Å². The van der Waals surface area contributed by atoms with Crippen molar-refractivity contribution < 1.29 is 28.1 Å². The van der Waals surface area contributed by atoms with Crippen LogP contribution in [0.1, 0.15) is 60.5 Å². The maximum absolute atomic E-state index is 15.9. The molecule has 10 heteroatoms. The number of hydrogen-bond donors (Lipinski definition) is 5. The summed E-state index contributed by atoms with van der Waals surface area (Å²) in [6.45, 7) is 3.93. The highest BCUT2D eigenvalue weighted by Crippen LogP contribution is 2.50. The molecule has 216 valence electrons. The molecule has 2 aromatic carbocycles. The zero-order valence-corrected chi connectivity index (χ0v) is 23.5. The van der Waals surface area contributed by atoms with Crippen molar-refractivity contribution in [3.8, 4) is 0 Å². The fourth-order valence-corrected chi connectivity index (χ4v) is 6.94. The zero-order valence-electron chi connectivity index (χ0n) is 22.7. The fraction of sp³-hybridized carbons (Fsp3) is 0.552. The summed E-state index contributed by atoms with van der Waals surface area (Å²) in [6, 6.07) is 12.3. The summed E-state index contributed by atoms with van der Waals surface area (Å²) in [7, 11) is -3.16. The number of hydrogen-bond acceptors (Lipinski definition) is 7. The van der Waals surface area contributed by atoms with E-state index < -0.39 is 34.6 Å². The van der Waals surface area contributed by atoms with E-state index in [0.29, 0.717) is 45.4 Å². The summed E-state index contributed by atoms with van der Waals surface area (Å²) in [5.41, 5.74) is 1.59. The van der Waals surface area contributed by atoms with E-state index in [1.807, 2.05) is 37.3 Å². The van der Waals surface area contributed by atoms with E-state index in [-0.39, 0.29) is 29.6 Å². The standard InChI is InChI=1S/C29H42FN3O5S/c1-2-8-22-17-24(28(30)26(19-22)33-13-6-7-16-39(33,36)37)29(35)32-25(18-21-9-4-3-5-10-21)27(34)20-31-23-11-14-38-15-12-23/h3-5,9-10,17,19,23,25,27,31,34,36-37H,2,6-8,11-16,18,20H2,1H3,(H,32,35)/t25-,27+/m0/s1. The first-order valence-corrected chi connectivity index (χ1v) is 15.7. The summed E-state index contributed by atoms with van der Waals surface area (Å²) < 4.78 is 44.0. The van der Waals surface area contributed by atoms with Crippen LogP contribution in [0.25, 0.3) is 0 Å². The second kappa shape index (κ2) is 13.9. The highest BCUT2D eigenvalue weighted by molar-refractivity contribution is 8.25.